The minimum Gasteiger partial charge on any atom is -0.379 e. The number of nitrogens with zero attached hydrogens (tertiary/aromatic N) is 3. The van der Waals surface area contributed by atoms with Gasteiger partial charge in [-0.15, -0.1) is 0 Å². The van der Waals surface area contributed by atoms with Gasteiger partial charge in [-0.05, 0) is 25.8 Å². The highest BCUT2D eigenvalue weighted by molar-refractivity contribution is 5.80. The maximum absolute atomic E-state index is 5.50. The molecule has 2 saturated heterocycles. The molecule has 2 aliphatic rings. The van der Waals surface area contributed by atoms with Gasteiger partial charge in [0.1, 0.15) is 0 Å². The molecule has 0 amide bonds. The predicted molar refractivity (Wildman–Crippen MR) is 108 cm³/mol. The second-order valence-electron chi connectivity index (χ2n) is 7.55. The molecule has 0 spiro atoms. The molecule has 3 rings (SSSR count). The van der Waals surface area contributed by atoms with E-state index in [2.05, 4.69) is 60.2 Å². The summed E-state index contributed by atoms with van der Waals surface area (Å²) in [4.78, 5) is 9.99. The average molecular weight is 359 g/mol. The maximum Gasteiger partial charge on any atom is 0.193 e. The number of guanidine groups is 1. The van der Waals surface area contributed by atoms with Crippen LogP contribution in [0.1, 0.15) is 37.3 Å². The van der Waals surface area contributed by atoms with Crippen LogP contribution in [0.4, 0.5) is 0 Å². The fraction of sp³-hybridized carbons (Fsp3) is 0.667. The normalized spacial score (nSPS) is 23.3. The number of hydrogen-bond acceptors (Lipinski definition) is 3. The lowest BCUT2D eigenvalue weighted by Crippen LogP contribution is -2.46. The summed E-state index contributed by atoms with van der Waals surface area (Å²) in [5.41, 5.74) is 2.69. The molecule has 0 radical (unpaired) electrons. The summed E-state index contributed by atoms with van der Waals surface area (Å²) in [7, 11) is 0. The number of aliphatic imine (C=N–C) groups is 1. The smallest absolute Gasteiger partial charge is 0.193 e. The summed E-state index contributed by atoms with van der Waals surface area (Å²) in [5, 5.41) is 3.50. The Kier molecular flexibility index (Phi) is 6.92. The molecule has 2 unspecified atom stereocenters. The zero-order valence-corrected chi connectivity index (χ0v) is 16.6. The molecular weight excluding hydrogens is 324 g/mol. The highest BCUT2D eigenvalue weighted by Gasteiger charge is 2.30. The quantitative estimate of drug-likeness (QED) is 0.648. The van der Waals surface area contributed by atoms with Gasteiger partial charge in [0.05, 0.1) is 13.2 Å². The predicted octanol–water partition coefficient (Wildman–Crippen LogP) is 2.47. The molecule has 0 aromatic heterocycles. The van der Waals surface area contributed by atoms with Gasteiger partial charge in [-0.25, -0.2) is 0 Å². The van der Waals surface area contributed by atoms with Crippen molar-refractivity contribution in [3.63, 3.8) is 0 Å². The lowest BCUT2D eigenvalue weighted by Gasteiger charge is -2.32. The fourth-order valence-corrected chi connectivity index (χ4v) is 3.91. The van der Waals surface area contributed by atoms with E-state index in [-0.39, 0.29) is 0 Å². The minimum atomic E-state index is 0.432. The van der Waals surface area contributed by atoms with Crippen molar-refractivity contribution < 1.29 is 4.74 Å². The van der Waals surface area contributed by atoms with Gasteiger partial charge in [0.25, 0.3) is 0 Å². The lowest BCUT2D eigenvalue weighted by molar-refractivity contribution is 0.0195. The molecule has 5 heteroatoms. The summed E-state index contributed by atoms with van der Waals surface area (Å²) < 4.78 is 5.50. The highest BCUT2D eigenvalue weighted by atomic mass is 16.5. The summed E-state index contributed by atoms with van der Waals surface area (Å²) in [6.07, 6.45) is 1.22. The van der Waals surface area contributed by atoms with Crippen molar-refractivity contribution >= 4 is 5.96 Å². The largest absolute Gasteiger partial charge is 0.379 e. The zero-order chi connectivity index (χ0) is 18.4. The molecule has 144 valence electrons. The standard InChI is InChI=1S/C21H34N4O/c1-4-22-21(23-15-18(3)19-7-5-6-17(2)14-19)25-9-8-20(16-25)24-10-12-26-13-11-24/h5-7,14,18,20H,4,8-13,15-16H2,1-3H3,(H,22,23). The molecule has 2 fully saturated rings. The first-order valence-corrected chi connectivity index (χ1v) is 10.1. The van der Waals surface area contributed by atoms with E-state index in [1.807, 2.05) is 0 Å². The van der Waals surface area contributed by atoms with Crippen molar-refractivity contribution in [1.29, 1.82) is 0 Å². The number of rotatable bonds is 5. The van der Waals surface area contributed by atoms with Crippen LogP contribution in [0, 0.1) is 6.92 Å². The van der Waals surface area contributed by atoms with E-state index in [9.17, 15) is 0 Å². The molecule has 0 bridgehead atoms. The topological polar surface area (TPSA) is 40.1 Å². The lowest BCUT2D eigenvalue weighted by atomic mass is 10.00. The van der Waals surface area contributed by atoms with Crippen molar-refractivity contribution in [2.45, 2.75) is 39.2 Å². The van der Waals surface area contributed by atoms with Crippen molar-refractivity contribution in [3.8, 4) is 0 Å². The molecule has 2 aliphatic heterocycles. The van der Waals surface area contributed by atoms with Crippen LogP contribution in [0.15, 0.2) is 29.3 Å². The second kappa shape index (κ2) is 9.38. The molecule has 26 heavy (non-hydrogen) atoms. The van der Waals surface area contributed by atoms with Crippen LogP contribution in [0.2, 0.25) is 0 Å². The first kappa shape index (κ1) is 19.2. The van der Waals surface area contributed by atoms with Crippen LogP contribution in [0.3, 0.4) is 0 Å². The van der Waals surface area contributed by atoms with E-state index in [1.54, 1.807) is 0 Å². The van der Waals surface area contributed by atoms with Crippen molar-refractivity contribution in [2.75, 3.05) is 52.5 Å². The third-order valence-electron chi connectivity index (χ3n) is 5.49. The van der Waals surface area contributed by atoms with Crippen LogP contribution in [-0.2, 0) is 4.74 Å². The summed E-state index contributed by atoms with van der Waals surface area (Å²) >= 11 is 0. The monoisotopic (exact) mass is 358 g/mol. The van der Waals surface area contributed by atoms with Crippen LogP contribution >= 0.6 is 0 Å². The number of likely N-dealkylation sites (tertiary alicyclic amines) is 1. The van der Waals surface area contributed by atoms with Gasteiger partial charge in [0.2, 0.25) is 0 Å². The van der Waals surface area contributed by atoms with Gasteiger partial charge in [0.15, 0.2) is 5.96 Å². The molecular formula is C21H34N4O. The van der Waals surface area contributed by atoms with Gasteiger partial charge >= 0.3 is 0 Å². The molecule has 0 aliphatic carbocycles. The summed E-state index contributed by atoms with van der Waals surface area (Å²) in [6.45, 7) is 14.3. The Morgan fingerprint density at radius 3 is 2.85 bits per heavy atom. The Bertz CT molecular complexity index is 597. The van der Waals surface area contributed by atoms with Crippen molar-refractivity contribution in [3.05, 3.63) is 35.4 Å². The average Bonchev–Trinajstić information content (AvgIpc) is 3.15. The van der Waals surface area contributed by atoms with E-state index in [4.69, 9.17) is 9.73 Å². The molecule has 0 saturated carbocycles. The number of hydrogen-bond donors (Lipinski definition) is 1. The number of morpholine rings is 1. The molecule has 1 aromatic carbocycles. The number of ether oxygens (including phenoxy) is 1. The third-order valence-corrected chi connectivity index (χ3v) is 5.49. The van der Waals surface area contributed by atoms with Gasteiger partial charge in [-0.2, -0.15) is 0 Å². The Labute approximate surface area is 158 Å². The first-order chi connectivity index (χ1) is 12.7. The second-order valence-corrected chi connectivity index (χ2v) is 7.55. The highest BCUT2D eigenvalue weighted by Crippen LogP contribution is 2.19. The Balaban J connectivity index is 1.60. The molecule has 1 N–H and O–H groups in total. The van der Waals surface area contributed by atoms with Gasteiger partial charge in [0, 0.05) is 51.2 Å². The maximum atomic E-state index is 5.50. The van der Waals surface area contributed by atoms with Crippen molar-refractivity contribution in [1.82, 2.24) is 15.1 Å². The van der Waals surface area contributed by atoms with E-state index in [0.29, 0.717) is 12.0 Å². The molecule has 5 nitrogen and oxygen atoms in total. The fourth-order valence-electron chi connectivity index (χ4n) is 3.91. The van der Waals surface area contributed by atoms with Gasteiger partial charge in [-0.3, -0.25) is 9.89 Å². The first-order valence-electron chi connectivity index (χ1n) is 10.1. The Hall–Kier alpha value is -1.59. The van der Waals surface area contributed by atoms with Gasteiger partial charge in [-0.1, -0.05) is 36.8 Å². The zero-order valence-electron chi connectivity index (χ0n) is 16.6. The molecule has 2 heterocycles. The Morgan fingerprint density at radius 2 is 2.12 bits per heavy atom. The number of nitrogens with one attached hydrogen (secondary N) is 1. The summed E-state index contributed by atoms with van der Waals surface area (Å²) in [6, 6.07) is 9.42. The van der Waals surface area contributed by atoms with Crippen molar-refractivity contribution in [2.24, 2.45) is 4.99 Å². The molecule has 1 aromatic rings. The number of aryl methyl sites for hydroxylation is 1. The SMILES string of the molecule is CCNC(=NCC(C)c1cccc(C)c1)N1CCC(N2CCOCC2)C1. The van der Waals surface area contributed by atoms with E-state index in [0.717, 1.165) is 58.4 Å². The summed E-state index contributed by atoms with van der Waals surface area (Å²) in [5.74, 6) is 1.50. The third kappa shape index (κ3) is 4.98. The van der Waals surface area contributed by atoms with E-state index < -0.39 is 0 Å². The molecule has 2 atom stereocenters. The number of benzene rings is 1. The van der Waals surface area contributed by atoms with Crippen LogP contribution in [0.5, 0.6) is 0 Å². The minimum absolute atomic E-state index is 0.432. The Morgan fingerprint density at radius 1 is 1.31 bits per heavy atom. The van der Waals surface area contributed by atoms with E-state index >= 15 is 0 Å². The van der Waals surface area contributed by atoms with E-state index in [1.165, 1.54) is 17.5 Å². The van der Waals surface area contributed by atoms with Gasteiger partial charge < -0.3 is 15.0 Å². The van der Waals surface area contributed by atoms with Crippen LogP contribution in [0.25, 0.3) is 0 Å². The van der Waals surface area contributed by atoms with Crippen LogP contribution in [-0.4, -0.2) is 74.3 Å². The van der Waals surface area contributed by atoms with Crippen LogP contribution < -0.4 is 5.32 Å².